The van der Waals surface area contributed by atoms with Gasteiger partial charge in [0.1, 0.15) is 12.4 Å². The van der Waals surface area contributed by atoms with Gasteiger partial charge in [-0.15, -0.1) is 0 Å². The molecule has 2 aromatic carbocycles. The highest BCUT2D eigenvalue weighted by Gasteiger charge is 2.19. The van der Waals surface area contributed by atoms with Gasteiger partial charge in [0.05, 0.1) is 20.3 Å². The average Bonchev–Trinajstić information content (AvgIpc) is 2.68. The summed E-state index contributed by atoms with van der Waals surface area (Å²) in [7, 11) is 1.36. The summed E-state index contributed by atoms with van der Waals surface area (Å²) >= 11 is 0. The van der Waals surface area contributed by atoms with E-state index in [2.05, 4.69) is 0 Å². The standard InChI is InChI=1S/C21H26O5/c1-3-25-20(21(22)23-2)15-18-10-7-11-19(14-18)26-13-12-24-16-17-8-5-4-6-9-17/h4-11,14,20H,3,12-13,15-16H2,1-2H3. The van der Waals surface area contributed by atoms with Crippen molar-refractivity contribution in [2.75, 3.05) is 26.9 Å². The van der Waals surface area contributed by atoms with E-state index in [0.717, 1.165) is 16.9 Å². The van der Waals surface area contributed by atoms with E-state index in [4.69, 9.17) is 18.9 Å². The van der Waals surface area contributed by atoms with Crippen LogP contribution in [0.2, 0.25) is 0 Å². The van der Waals surface area contributed by atoms with Crippen LogP contribution in [0, 0.1) is 0 Å². The van der Waals surface area contributed by atoms with E-state index >= 15 is 0 Å². The molecule has 0 aliphatic heterocycles. The molecular weight excluding hydrogens is 332 g/mol. The number of carbonyl (C=O) groups excluding carboxylic acids is 1. The first kappa shape index (κ1) is 19.9. The summed E-state index contributed by atoms with van der Waals surface area (Å²) in [4.78, 5) is 11.8. The van der Waals surface area contributed by atoms with Gasteiger partial charge >= 0.3 is 5.97 Å². The minimum Gasteiger partial charge on any atom is -0.491 e. The molecule has 0 aliphatic carbocycles. The molecule has 0 saturated heterocycles. The number of esters is 1. The Morgan fingerprint density at radius 2 is 1.77 bits per heavy atom. The van der Waals surface area contributed by atoms with Gasteiger partial charge in [-0.05, 0) is 30.2 Å². The summed E-state index contributed by atoms with van der Waals surface area (Å²) in [5.74, 6) is 0.374. The topological polar surface area (TPSA) is 54.0 Å². The van der Waals surface area contributed by atoms with Gasteiger partial charge in [-0.1, -0.05) is 42.5 Å². The maximum atomic E-state index is 11.8. The van der Waals surface area contributed by atoms with Crippen LogP contribution in [-0.2, 0) is 32.0 Å². The van der Waals surface area contributed by atoms with E-state index in [1.165, 1.54) is 7.11 Å². The molecule has 0 fully saturated rings. The zero-order chi connectivity index (χ0) is 18.6. The van der Waals surface area contributed by atoms with E-state index in [1.807, 2.05) is 61.5 Å². The van der Waals surface area contributed by atoms with E-state index < -0.39 is 6.10 Å². The predicted octanol–water partition coefficient (Wildman–Crippen LogP) is 3.40. The zero-order valence-corrected chi connectivity index (χ0v) is 15.4. The van der Waals surface area contributed by atoms with E-state index in [1.54, 1.807) is 0 Å². The van der Waals surface area contributed by atoms with Crippen molar-refractivity contribution in [2.45, 2.75) is 26.1 Å². The van der Waals surface area contributed by atoms with Crippen molar-refractivity contribution < 1.29 is 23.7 Å². The molecule has 0 radical (unpaired) electrons. The normalized spacial score (nSPS) is 11.8. The van der Waals surface area contributed by atoms with E-state index in [9.17, 15) is 4.79 Å². The van der Waals surface area contributed by atoms with Gasteiger partial charge in [0.25, 0.3) is 0 Å². The lowest BCUT2D eigenvalue weighted by Crippen LogP contribution is -2.28. The molecule has 0 saturated carbocycles. The first-order valence-electron chi connectivity index (χ1n) is 8.75. The van der Waals surface area contributed by atoms with Crippen molar-refractivity contribution in [2.24, 2.45) is 0 Å². The number of hydrogen-bond acceptors (Lipinski definition) is 5. The van der Waals surface area contributed by atoms with E-state index in [0.29, 0.717) is 32.8 Å². The Bertz CT molecular complexity index is 656. The molecule has 2 rings (SSSR count). The Morgan fingerprint density at radius 3 is 2.50 bits per heavy atom. The van der Waals surface area contributed by atoms with Gasteiger partial charge in [-0.2, -0.15) is 0 Å². The first-order valence-corrected chi connectivity index (χ1v) is 8.75. The van der Waals surface area contributed by atoms with Crippen LogP contribution in [0.25, 0.3) is 0 Å². The fraction of sp³-hybridized carbons (Fsp3) is 0.381. The van der Waals surface area contributed by atoms with Crippen LogP contribution >= 0.6 is 0 Å². The van der Waals surface area contributed by atoms with Gasteiger partial charge in [0.2, 0.25) is 0 Å². The maximum absolute atomic E-state index is 11.8. The first-order chi connectivity index (χ1) is 12.7. The third kappa shape index (κ3) is 6.86. The molecule has 5 heteroatoms. The highest BCUT2D eigenvalue weighted by Crippen LogP contribution is 2.16. The molecule has 1 unspecified atom stereocenters. The molecule has 26 heavy (non-hydrogen) atoms. The Kier molecular flexibility index (Phi) is 8.66. The summed E-state index contributed by atoms with van der Waals surface area (Å²) < 4.78 is 21.6. The molecular formula is C21H26O5. The summed E-state index contributed by atoms with van der Waals surface area (Å²) in [5, 5.41) is 0. The molecule has 0 N–H and O–H groups in total. The second-order valence-corrected chi connectivity index (χ2v) is 5.71. The van der Waals surface area contributed by atoms with Gasteiger partial charge < -0.3 is 18.9 Å². The van der Waals surface area contributed by atoms with Crippen molar-refractivity contribution in [1.29, 1.82) is 0 Å². The Morgan fingerprint density at radius 1 is 1.00 bits per heavy atom. The number of hydrogen-bond donors (Lipinski definition) is 0. The molecule has 0 bridgehead atoms. The molecule has 2 aromatic rings. The third-order valence-corrected chi connectivity index (χ3v) is 3.76. The second-order valence-electron chi connectivity index (χ2n) is 5.71. The molecule has 0 aromatic heterocycles. The van der Waals surface area contributed by atoms with Crippen LogP contribution in [0.15, 0.2) is 54.6 Å². The predicted molar refractivity (Wildman–Crippen MR) is 99.2 cm³/mol. The molecule has 0 spiro atoms. The summed E-state index contributed by atoms with van der Waals surface area (Å²) in [6, 6.07) is 17.6. The SMILES string of the molecule is CCOC(Cc1cccc(OCCOCc2ccccc2)c1)C(=O)OC. The van der Waals surface area contributed by atoms with Gasteiger partial charge in [0, 0.05) is 13.0 Å². The number of rotatable bonds is 11. The molecule has 140 valence electrons. The molecule has 5 nitrogen and oxygen atoms in total. The van der Waals surface area contributed by atoms with Crippen molar-refractivity contribution in [1.82, 2.24) is 0 Å². The van der Waals surface area contributed by atoms with Crippen molar-refractivity contribution in [3.05, 3.63) is 65.7 Å². The zero-order valence-electron chi connectivity index (χ0n) is 15.4. The van der Waals surface area contributed by atoms with Crippen LogP contribution in [-0.4, -0.2) is 39.0 Å². The second kappa shape index (κ2) is 11.3. The Hall–Kier alpha value is -2.37. The fourth-order valence-corrected chi connectivity index (χ4v) is 2.50. The fourth-order valence-electron chi connectivity index (χ4n) is 2.50. The average molecular weight is 358 g/mol. The smallest absolute Gasteiger partial charge is 0.335 e. The van der Waals surface area contributed by atoms with Crippen molar-refractivity contribution in [3.8, 4) is 5.75 Å². The minimum absolute atomic E-state index is 0.368. The number of benzene rings is 2. The molecule has 0 aliphatic rings. The van der Waals surface area contributed by atoms with Gasteiger partial charge in [0.15, 0.2) is 6.10 Å². The summed E-state index contributed by atoms with van der Waals surface area (Å²) in [5.41, 5.74) is 2.09. The number of ether oxygens (including phenoxy) is 4. The molecule has 0 amide bonds. The van der Waals surface area contributed by atoms with Gasteiger partial charge in [-0.25, -0.2) is 4.79 Å². The largest absolute Gasteiger partial charge is 0.491 e. The summed E-state index contributed by atoms with van der Waals surface area (Å²) in [6.45, 7) is 3.84. The highest BCUT2D eigenvalue weighted by molar-refractivity contribution is 5.75. The van der Waals surface area contributed by atoms with E-state index in [-0.39, 0.29) is 5.97 Å². The monoisotopic (exact) mass is 358 g/mol. The van der Waals surface area contributed by atoms with Crippen molar-refractivity contribution >= 4 is 5.97 Å². The van der Waals surface area contributed by atoms with Crippen LogP contribution < -0.4 is 4.74 Å². The third-order valence-electron chi connectivity index (χ3n) is 3.76. The lowest BCUT2D eigenvalue weighted by molar-refractivity contribution is -0.153. The minimum atomic E-state index is -0.602. The Balaban J connectivity index is 1.78. The van der Waals surface area contributed by atoms with Crippen LogP contribution in [0.3, 0.4) is 0 Å². The maximum Gasteiger partial charge on any atom is 0.335 e. The molecule has 1 atom stereocenters. The lowest BCUT2D eigenvalue weighted by Gasteiger charge is -2.15. The molecule has 0 heterocycles. The lowest BCUT2D eigenvalue weighted by atomic mass is 10.1. The van der Waals surface area contributed by atoms with Crippen molar-refractivity contribution in [3.63, 3.8) is 0 Å². The van der Waals surface area contributed by atoms with Crippen LogP contribution in [0.5, 0.6) is 5.75 Å². The number of carbonyl (C=O) groups is 1. The quantitative estimate of drug-likeness (QED) is 0.455. The van der Waals surface area contributed by atoms with Gasteiger partial charge in [-0.3, -0.25) is 0 Å². The number of methoxy groups -OCH3 is 1. The highest BCUT2D eigenvalue weighted by atomic mass is 16.6. The van der Waals surface area contributed by atoms with Crippen LogP contribution in [0.4, 0.5) is 0 Å². The van der Waals surface area contributed by atoms with Crippen LogP contribution in [0.1, 0.15) is 18.1 Å². The Labute approximate surface area is 154 Å². The summed E-state index contributed by atoms with van der Waals surface area (Å²) in [6.07, 6.45) is -0.156.